The van der Waals surface area contributed by atoms with Gasteiger partial charge < -0.3 is 10.0 Å². The Morgan fingerprint density at radius 3 is 2.65 bits per heavy atom. The highest BCUT2D eigenvalue weighted by molar-refractivity contribution is 6.35. The number of carbonyl (C=O) groups is 2. The van der Waals surface area contributed by atoms with Gasteiger partial charge in [0.15, 0.2) is 0 Å². The van der Waals surface area contributed by atoms with Crippen molar-refractivity contribution < 1.29 is 14.7 Å². The van der Waals surface area contributed by atoms with E-state index in [9.17, 15) is 9.59 Å². The van der Waals surface area contributed by atoms with E-state index in [-0.39, 0.29) is 11.8 Å². The molecule has 6 heteroatoms. The number of fused-ring (bicyclic) bond motifs is 1. The van der Waals surface area contributed by atoms with Gasteiger partial charge in [-0.1, -0.05) is 23.2 Å². The van der Waals surface area contributed by atoms with Crippen molar-refractivity contribution in [3.63, 3.8) is 0 Å². The molecule has 20 heavy (non-hydrogen) atoms. The lowest BCUT2D eigenvalue weighted by molar-refractivity contribution is -0.142. The van der Waals surface area contributed by atoms with Gasteiger partial charge in [0.2, 0.25) is 5.91 Å². The smallest absolute Gasteiger partial charge is 0.307 e. The molecule has 4 nitrogen and oxygen atoms in total. The number of hydrogen-bond donors (Lipinski definition) is 1. The average molecular weight is 314 g/mol. The maximum absolute atomic E-state index is 12.3. The van der Waals surface area contributed by atoms with E-state index in [2.05, 4.69) is 0 Å². The number of nitrogens with zero attached hydrogens (tertiary/aromatic N) is 1. The highest BCUT2D eigenvalue weighted by Gasteiger charge is 2.50. The number of aliphatic carboxylic acids is 1. The Morgan fingerprint density at radius 1 is 1.25 bits per heavy atom. The second kappa shape index (κ2) is 4.93. The van der Waals surface area contributed by atoms with Crippen LogP contribution in [-0.4, -0.2) is 28.4 Å². The summed E-state index contributed by atoms with van der Waals surface area (Å²) in [6.45, 7) is 1.04. The summed E-state index contributed by atoms with van der Waals surface area (Å²) < 4.78 is 0. The predicted molar refractivity (Wildman–Crippen MR) is 74.8 cm³/mol. The molecule has 1 saturated carbocycles. The van der Waals surface area contributed by atoms with Crippen molar-refractivity contribution in [1.82, 2.24) is 4.90 Å². The van der Waals surface area contributed by atoms with E-state index in [1.54, 1.807) is 11.0 Å². The topological polar surface area (TPSA) is 57.6 Å². The number of carboxylic acid groups (broad SMARTS) is 1. The van der Waals surface area contributed by atoms with Gasteiger partial charge in [0, 0.05) is 23.1 Å². The highest BCUT2D eigenvalue weighted by atomic mass is 35.5. The van der Waals surface area contributed by atoms with E-state index in [1.807, 2.05) is 6.07 Å². The first-order valence-corrected chi connectivity index (χ1v) is 7.21. The first-order chi connectivity index (χ1) is 9.47. The molecule has 1 N–H and O–H groups in total. The molecule has 2 aliphatic rings. The van der Waals surface area contributed by atoms with Crippen molar-refractivity contribution >= 4 is 35.1 Å². The predicted octanol–water partition coefficient (Wildman–Crippen LogP) is 2.60. The zero-order valence-electron chi connectivity index (χ0n) is 10.6. The Hall–Kier alpha value is -1.26. The molecule has 0 unspecified atom stereocenters. The van der Waals surface area contributed by atoms with Crippen LogP contribution in [0.1, 0.15) is 17.5 Å². The van der Waals surface area contributed by atoms with E-state index in [0.717, 1.165) is 11.1 Å². The molecule has 3 rings (SSSR count). The Bertz CT molecular complexity index is 602. The fraction of sp³-hybridized carbons (Fsp3) is 0.429. The minimum absolute atomic E-state index is 0.0702. The molecule has 0 bridgehead atoms. The van der Waals surface area contributed by atoms with Crippen LogP contribution in [0.5, 0.6) is 0 Å². The molecule has 1 heterocycles. The maximum atomic E-state index is 12.3. The van der Waals surface area contributed by atoms with Crippen LogP contribution in [-0.2, 0) is 22.6 Å². The quantitative estimate of drug-likeness (QED) is 0.913. The number of benzene rings is 1. The fourth-order valence-corrected chi connectivity index (χ4v) is 3.40. The molecule has 0 saturated heterocycles. The van der Waals surface area contributed by atoms with Crippen LogP contribution in [0.4, 0.5) is 0 Å². The number of halogens is 2. The Kier molecular flexibility index (Phi) is 3.38. The molecular formula is C14H13Cl2NO3. The van der Waals surface area contributed by atoms with Gasteiger partial charge in [-0.2, -0.15) is 0 Å². The van der Waals surface area contributed by atoms with Crippen molar-refractivity contribution in [3.8, 4) is 0 Å². The third kappa shape index (κ3) is 2.38. The van der Waals surface area contributed by atoms with Crippen molar-refractivity contribution in [2.75, 3.05) is 6.54 Å². The largest absolute Gasteiger partial charge is 0.481 e. The average Bonchev–Trinajstić information content (AvgIpc) is 3.17. The Morgan fingerprint density at radius 2 is 2.00 bits per heavy atom. The first-order valence-electron chi connectivity index (χ1n) is 6.45. The van der Waals surface area contributed by atoms with Gasteiger partial charge >= 0.3 is 5.97 Å². The minimum Gasteiger partial charge on any atom is -0.481 e. The molecule has 0 radical (unpaired) electrons. The van der Waals surface area contributed by atoms with Crippen LogP contribution in [0, 0.1) is 11.8 Å². The number of hydrogen-bond acceptors (Lipinski definition) is 2. The van der Waals surface area contributed by atoms with E-state index < -0.39 is 11.9 Å². The third-order valence-corrected chi connectivity index (χ3v) is 4.54. The van der Waals surface area contributed by atoms with Crippen molar-refractivity contribution in [1.29, 1.82) is 0 Å². The molecule has 1 aliphatic heterocycles. The van der Waals surface area contributed by atoms with E-state index >= 15 is 0 Å². The lowest BCUT2D eigenvalue weighted by Crippen LogP contribution is -2.37. The molecule has 2 atom stereocenters. The van der Waals surface area contributed by atoms with Crippen molar-refractivity contribution in [3.05, 3.63) is 33.3 Å². The van der Waals surface area contributed by atoms with Gasteiger partial charge in [-0.25, -0.2) is 0 Å². The van der Waals surface area contributed by atoms with Crippen molar-refractivity contribution in [2.45, 2.75) is 19.4 Å². The summed E-state index contributed by atoms with van der Waals surface area (Å²) >= 11 is 12.1. The normalized spacial score (nSPS) is 24.2. The molecule has 1 fully saturated rings. The highest BCUT2D eigenvalue weighted by Crippen LogP contribution is 2.41. The second-order valence-electron chi connectivity index (χ2n) is 5.32. The standard InChI is InChI=1S/C14H13Cl2NO3/c15-8-3-7-6-17(2-1-9(7)12(16)4-8)13(18)10-5-11(10)14(19)20/h3-4,10-11H,1-2,5-6H2,(H,19,20)/t10-,11+/m0/s1. The number of carboxylic acids is 1. The van der Waals surface area contributed by atoms with Crippen LogP contribution >= 0.6 is 23.2 Å². The summed E-state index contributed by atoms with van der Waals surface area (Å²) in [7, 11) is 0. The molecule has 1 aromatic carbocycles. The van der Waals surface area contributed by atoms with Crippen LogP contribution in [0.15, 0.2) is 12.1 Å². The summed E-state index contributed by atoms with van der Waals surface area (Å²) in [5.41, 5.74) is 1.99. The Labute approximate surface area is 126 Å². The van der Waals surface area contributed by atoms with Gasteiger partial charge in [0.1, 0.15) is 0 Å². The SMILES string of the molecule is O=C(O)[C@@H]1C[C@@H]1C(=O)N1CCc2c(Cl)cc(Cl)cc2C1. The van der Waals surface area contributed by atoms with Gasteiger partial charge in [0.25, 0.3) is 0 Å². The second-order valence-corrected chi connectivity index (χ2v) is 6.17. The fourth-order valence-electron chi connectivity index (χ4n) is 2.77. The number of rotatable bonds is 2. The lowest BCUT2D eigenvalue weighted by Gasteiger charge is -2.29. The summed E-state index contributed by atoms with van der Waals surface area (Å²) in [6, 6.07) is 3.53. The molecule has 0 aromatic heterocycles. The number of carbonyl (C=O) groups excluding carboxylic acids is 1. The zero-order valence-corrected chi connectivity index (χ0v) is 12.1. The van der Waals surface area contributed by atoms with Crippen molar-refractivity contribution in [2.24, 2.45) is 11.8 Å². The Balaban J connectivity index is 1.76. The lowest BCUT2D eigenvalue weighted by atomic mass is 9.99. The maximum Gasteiger partial charge on any atom is 0.307 e. The van der Waals surface area contributed by atoms with E-state index in [1.165, 1.54) is 0 Å². The number of amides is 1. The van der Waals surface area contributed by atoms with Crippen LogP contribution in [0.25, 0.3) is 0 Å². The molecule has 1 aliphatic carbocycles. The molecule has 106 valence electrons. The van der Waals surface area contributed by atoms with Gasteiger partial charge in [0.05, 0.1) is 11.8 Å². The van der Waals surface area contributed by atoms with E-state index in [4.69, 9.17) is 28.3 Å². The monoisotopic (exact) mass is 313 g/mol. The molecule has 1 amide bonds. The summed E-state index contributed by atoms with van der Waals surface area (Å²) in [4.78, 5) is 24.8. The van der Waals surface area contributed by atoms with Crippen LogP contribution < -0.4 is 0 Å². The van der Waals surface area contributed by atoms with Crippen LogP contribution in [0.2, 0.25) is 10.0 Å². The molecule has 0 spiro atoms. The summed E-state index contributed by atoms with van der Waals surface area (Å²) in [5, 5.41) is 10.1. The van der Waals surface area contributed by atoms with Gasteiger partial charge in [-0.3, -0.25) is 9.59 Å². The zero-order chi connectivity index (χ0) is 14.4. The summed E-state index contributed by atoms with van der Waals surface area (Å²) in [6.07, 6.45) is 1.13. The van der Waals surface area contributed by atoms with Crippen LogP contribution in [0.3, 0.4) is 0 Å². The third-order valence-electron chi connectivity index (χ3n) is 3.98. The minimum atomic E-state index is -0.883. The first kappa shape index (κ1) is 13.7. The van der Waals surface area contributed by atoms with E-state index in [0.29, 0.717) is 36.0 Å². The van der Waals surface area contributed by atoms with Gasteiger partial charge in [-0.15, -0.1) is 0 Å². The van der Waals surface area contributed by atoms with Gasteiger partial charge in [-0.05, 0) is 36.1 Å². The summed E-state index contributed by atoms with van der Waals surface area (Å²) in [5.74, 6) is -1.82. The molecular weight excluding hydrogens is 301 g/mol. The molecule has 1 aromatic rings.